The van der Waals surface area contributed by atoms with Crippen LogP contribution in [0.1, 0.15) is 0 Å². The molecule has 7 heteroatoms. The van der Waals surface area contributed by atoms with E-state index in [0.29, 0.717) is 11.5 Å². The van der Waals surface area contributed by atoms with Crippen molar-refractivity contribution in [3.8, 4) is 0 Å². The Morgan fingerprint density at radius 2 is 2.31 bits per heavy atom. The molecule has 0 spiro atoms. The van der Waals surface area contributed by atoms with Gasteiger partial charge in [-0.05, 0) is 0 Å². The van der Waals surface area contributed by atoms with Crippen LogP contribution in [0.2, 0.25) is 0 Å². The van der Waals surface area contributed by atoms with Gasteiger partial charge in [0.1, 0.15) is 10.5 Å². The Hall–Kier alpha value is -1.27. The molecule has 2 heterocycles. The molecule has 0 aliphatic carbocycles. The van der Waals surface area contributed by atoms with Crippen LogP contribution in [0.15, 0.2) is 23.5 Å². The molecule has 0 amide bonds. The van der Waals surface area contributed by atoms with Gasteiger partial charge in [-0.15, -0.1) is 11.6 Å². The zero-order valence-electron chi connectivity index (χ0n) is 8.35. The minimum absolute atomic E-state index is 0.239. The quantitative estimate of drug-likeness (QED) is 0.377. The molecule has 5 nitrogen and oxygen atoms in total. The van der Waals surface area contributed by atoms with Crippen molar-refractivity contribution in [3.63, 3.8) is 0 Å². The number of nitrogens with two attached hydrogens (primary N) is 1. The number of allylic oxidation sites excluding steroid dienone is 1. The summed E-state index contributed by atoms with van der Waals surface area (Å²) < 4.78 is 0. The Labute approximate surface area is 102 Å². The maximum absolute atomic E-state index is 5.59. The van der Waals surface area contributed by atoms with Crippen LogP contribution >= 0.6 is 23.4 Å². The molecule has 0 aliphatic rings. The highest BCUT2D eigenvalue weighted by Crippen LogP contribution is 2.23. The number of hydrogen-bond donors (Lipinski definition) is 2. The van der Waals surface area contributed by atoms with Gasteiger partial charge in [0.25, 0.3) is 0 Å². The fraction of sp³-hybridized carbons (Fsp3) is 0.222. The van der Waals surface area contributed by atoms with E-state index in [-0.39, 0.29) is 5.95 Å². The van der Waals surface area contributed by atoms with Gasteiger partial charge in [0, 0.05) is 11.6 Å². The monoisotopic (exact) mass is 255 g/mol. The van der Waals surface area contributed by atoms with E-state index in [2.05, 4.69) is 19.9 Å². The molecule has 16 heavy (non-hydrogen) atoms. The molecule has 0 aromatic carbocycles. The normalized spacial score (nSPS) is 11.6. The van der Waals surface area contributed by atoms with Crippen LogP contribution in [0.25, 0.3) is 11.2 Å². The highest BCUT2D eigenvalue weighted by atomic mass is 35.5. The minimum Gasteiger partial charge on any atom is -0.368 e. The van der Waals surface area contributed by atoms with Crippen LogP contribution in [0.5, 0.6) is 0 Å². The molecule has 0 fully saturated rings. The maximum Gasteiger partial charge on any atom is 0.223 e. The number of nitrogen functional groups attached to an aromatic ring is 1. The lowest BCUT2D eigenvalue weighted by molar-refractivity contribution is 1.10. The third-order valence-electron chi connectivity index (χ3n) is 1.84. The van der Waals surface area contributed by atoms with Crippen LogP contribution in [0.3, 0.4) is 0 Å². The molecular formula is C9H10ClN5S. The second-order valence-electron chi connectivity index (χ2n) is 2.92. The summed E-state index contributed by atoms with van der Waals surface area (Å²) in [6.45, 7) is 0. The zero-order chi connectivity index (χ0) is 11.4. The number of nitrogens with zero attached hydrogens (tertiary/aromatic N) is 3. The predicted molar refractivity (Wildman–Crippen MR) is 66.7 cm³/mol. The highest BCUT2D eigenvalue weighted by molar-refractivity contribution is 7.99. The van der Waals surface area contributed by atoms with Gasteiger partial charge >= 0.3 is 0 Å². The molecule has 0 atom stereocenters. The summed E-state index contributed by atoms with van der Waals surface area (Å²) in [5.41, 5.74) is 7.00. The molecular weight excluding hydrogens is 246 g/mol. The Bertz CT molecular complexity index is 510. The third-order valence-corrected chi connectivity index (χ3v) is 2.95. The Kier molecular flexibility index (Phi) is 3.63. The van der Waals surface area contributed by atoms with Crippen LogP contribution < -0.4 is 5.73 Å². The van der Waals surface area contributed by atoms with Crippen LogP contribution in [0, 0.1) is 0 Å². The summed E-state index contributed by atoms with van der Waals surface area (Å²) in [5.74, 6) is 1.55. The highest BCUT2D eigenvalue weighted by Gasteiger charge is 2.07. The SMILES string of the molecule is Nc1nc(SC/C=C/CCl)c2[nH]cnc2n1. The molecule has 0 saturated heterocycles. The maximum atomic E-state index is 5.59. The van der Waals surface area contributed by atoms with E-state index in [1.165, 1.54) is 0 Å². The van der Waals surface area contributed by atoms with Crippen LogP contribution in [-0.2, 0) is 0 Å². The third kappa shape index (κ3) is 2.45. The Balaban J connectivity index is 2.22. The van der Waals surface area contributed by atoms with E-state index in [9.17, 15) is 0 Å². The average molecular weight is 256 g/mol. The molecule has 2 rings (SSSR count). The van der Waals surface area contributed by atoms with E-state index in [1.54, 1.807) is 18.1 Å². The Morgan fingerprint density at radius 3 is 3.12 bits per heavy atom. The van der Waals surface area contributed by atoms with Gasteiger partial charge in [-0.2, -0.15) is 4.98 Å². The van der Waals surface area contributed by atoms with Crippen molar-refractivity contribution < 1.29 is 0 Å². The number of aromatic amines is 1. The summed E-state index contributed by atoms with van der Waals surface area (Å²) in [4.78, 5) is 15.2. The Morgan fingerprint density at radius 1 is 1.44 bits per heavy atom. The number of H-pyrrole nitrogens is 1. The van der Waals surface area contributed by atoms with E-state index in [0.717, 1.165) is 16.3 Å². The van der Waals surface area contributed by atoms with Gasteiger partial charge in [0.05, 0.1) is 6.33 Å². The van der Waals surface area contributed by atoms with Crippen LogP contribution in [0.4, 0.5) is 5.95 Å². The van der Waals surface area contributed by atoms with Crippen molar-refractivity contribution in [2.24, 2.45) is 0 Å². The van der Waals surface area contributed by atoms with Gasteiger partial charge in [0.2, 0.25) is 5.95 Å². The first-order valence-corrected chi connectivity index (χ1v) is 6.13. The van der Waals surface area contributed by atoms with Crippen molar-refractivity contribution in [2.45, 2.75) is 5.03 Å². The summed E-state index contributed by atoms with van der Waals surface area (Å²) in [5, 5.41) is 0.805. The van der Waals surface area contributed by atoms with Crippen molar-refractivity contribution in [1.82, 2.24) is 19.9 Å². The van der Waals surface area contributed by atoms with E-state index < -0.39 is 0 Å². The molecule has 0 bridgehead atoms. The van der Waals surface area contributed by atoms with E-state index >= 15 is 0 Å². The van der Waals surface area contributed by atoms with Crippen molar-refractivity contribution >= 4 is 40.5 Å². The predicted octanol–water partition coefficient (Wildman–Crippen LogP) is 1.82. The summed E-state index contributed by atoms with van der Waals surface area (Å²) in [7, 11) is 0. The smallest absolute Gasteiger partial charge is 0.223 e. The lowest BCUT2D eigenvalue weighted by Crippen LogP contribution is -1.97. The van der Waals surface area contributed by atoms with Crippen molar-refractivity contribution in [3.05, 3.63) is 18.5 Å². The molecule has 0 radical (unpaired) electrons. The summed E-state index contributed by atoms with van der Waals surface area (Å²) >= 11 is 7.09. The molecule has 0 unspecified atom stereocenters. The molecule has 2 aromatic rings. The number of anilines is 1. The summed E-state index contributed by atoms with van der Waals surface area (Å²) in [6.07, 6.45) is 5.46. The number of imidazole rings is 1. The topological polar surface area (TPSA) is 80.5 Å². The minimum atomic E-state index is 0.239. The first-order valence-electron chi connectivity index (χ1n) is 4.61. The average Bonchev–Trinajstić information content (AvgIpc) is 2.72. The number of alkyl halides is 1. The van der Waals surface area contributed by atoms with Gasteiger partial charge in [-0.25, -0.2) is 9.97 Å². The van der Waals surface area contributed by atoms with Crippen LogP contribution in [-0.4, -0.2) is 31.6 Å². The van der Waals surface area contributed by atoms with Gasteiger partial charge in [0.15, 0.2) is 5.65 Å². The largest absolute Gasteiger partial charge is 0.368 e. The molecule has 0 saturated carbocycles. The second-order valence-corrected chi connectivity index (χ2v) is 4.24. The number of thioether (sulfide) groups is 1. The molecule has 2 aromatic heterocycles. The number of aromatic nitrogens is 4. The second kappa shape index (κ2) is 5.18. The first kappa shape index (κ1) is 11.2. The molecule has 3 N–H and O–H groups in total. The summed E-state index contributed by atoms with van der Waals surface area (Å²) in [6, 6.07) is 0. The molecule has 0 aliphatic heterocycles. The fourth-order valence-electron chi connectivity index (χ4n) is 1.19. The number of nitrogens with one attached hydrogen (secondary N) is 1. The fourth-order valence-corrected chi connectivity index (χ4v) is 2.15. The van der Waals surface area contributed by atoms with E-state index in [4.69, 9.17) is 17.3 Å². The lowest BCUT2D eigenvalue weighted by atomic mass is 10.5. The number of fused-ring (bicyclic) bond motifs is 1. The van der Waals surface area contributed by atoms with Gasteiger partial charge < -0.3 is 10.7 Å². The number of rotatable bonds is 4. The van der Waals surface area contributed by atoms with Gasteiger partial charge in [-0.1, -0.05) is 23.9 Å². The lowest BCUT2D eigenvalue weighted by Gasteiger charge is -2.00. The molecule has 84 valence electrons. The van der Waals surface area contributed by atoms with Crippen molar-refractivity contribution in [2.75, 3.05) is 17.4 Å². The van der Waals surface area contributed by atoms with Crippen molar-refractivity contribution in [1.29, 1.82) is 0 Å². The number of hydrogen-bond acceptors (Lipinski definition) is 5. The number of halogens is 1. The standard InChI is InChI=1S/C9H10ClN5S/c10-3-1-2-4-16-8-6-7(13-5-12-6)14-9(11)15-8/h1-2,5H,3-4H2,(H3,11,12,13,14,15)/b2-1+. The zero-order valence-corrected chi connectivity index (χ0v) is 9.92. The van der Waals surface area contributed by atoms with E-state index in [1.807, 2.05) is 12.2 Å². The van der Waals surface area contributed by atoms with Gasteiger partial charge in [-0.3, -0.25) is 0 Å². The first-order chi connectivity index (χ1) is 7.81.